The lowest BCUT2D eigenvalue weighted by Gasteiger charge is -2.61. The van der Waals surface area contributed by atoms with E-state index in [0.29, 0.717) is 24.2 Å². The van der Waals surface area contributed by atoms with E-state index in [1.807, 2.05) is 0 Å². The van der Waals surface area contributed by atoms with E-state index in [1.165, 1.54) is 6.42 Å². The van der Waals surface area contributed by atoms with Crippen molar-refractivity contribution in [1.82, 2.24) is 4.90 Å². The van der Waals surface area contributed by atoms with Gasteiger partial charge < -0.3 is 15.7 Å². The summed E-state index contributed by atoms with van der Waals surface area (Å²) in [5, 5.41) is 20.2. The summed E-state index contributed by atoms with van der Waals surface area (Å²) in [5.41, 5.74) is 5.71. The predicted molar refractivity (Wildman–Crippen MR) is 82.8 cm³/mol. The Kier molecular flexibility index (Phi) is 2.65. The molecule has 1 heterocycles. The van der Waals surface area contributed by atoms with Crippen LogP contribution >= 0.6 is 0 Å². The number of hydrogen-bond donors (Lipinski definition) is 2. The predicted octanol–water partition coefficient (Wildman–Crippen LogP) is 1.16. The van der Waals surface area contributed by atoms with Gasteiger partial charge in [-0.1, -0.05) is 0 Å². The lowest BCUT2D eigenvalue weighted by Crippen LogP contribution is -2.64. The number of carbonyl (C=O) groups excluding carboxylic acids is 1. The van der Waals surface area contributed by atoms with Crippen LogP contribution in [0.3, 0.4) is 0 Å². The monoisotopic (exact) mass is 315 g/mol. The van der Waals surface area contributed by atoms with Crippen LogP contribution in [0.25, 0.3) is 0 Å². The minimum absolute atomic E-state index is 0.0212. The number of hydrogen-bond acceptors (Lipinski definition) is 4. The molecule has 0 aromatic carbocycles. The summed E-state index contributed by atoms with van der Waals surface area (Å²) < 4.78 is 0. The molecule has 6 aliphatic rings. The van der Waals surface area contributed by atoms with Crippen molar-refractivity contribution in [3.8, 4) is 6.07 Å². The number of piperidine rings is 1. The van der Waals surface area contributed by atoms with Gasteiger partial charge in [-0.15, -0.1) is 0 Å². The fourth-order valence-corrected chi connectivity index (χ4v) is 6.96. The van der Waals surface area contributed by atoms with E-state index in [4.69, 9.17) is 5.73 Å². The standard InChI is InChI=1S/C18H25N3O2/c19-8-13-2-12-3-14(12)21(13)16(22)15(20)17-4-10-1-11(5-17)7-18(23,6-10)9-17/h10-15,23H,1-7,9,20H2/t10-,11?,12+,13?,14-,15?,17?,18?/m1/s1. The molecule has 5 aliphatic carbocycles. The fraction of sp³-hybridized carbons (Fsp3) is 0.889. The normalized spacial score (nSPS) is 53.8. The van der Waals surface area contributed by atoms with Gasteiger partial charge in [-0.05, 0) is 74.5 Å². The number of amides is 1. The van der Waals surface area contributed by atoms with Crippen molar-refractivity contribution in [2.24, 2.45) is 28.9 Å². The Balaban J connectivity index is 1.43. The summed E-state index contributed by atoms with van der Waals surface area (Å²) in [4.78, 5) is 14.9. The number of nitrogens with zero attached hydrogens (tertiary/aromatic N) is 2. The Labute approximate surface area is 136 Å². The van der Waals surface area contributed by atoms with E-state index >= 15 is 0 Å². The summed E-state index contributed by atoms with van der Waals surface area (Å²) >= 11 is 0. The molecule has 124 valence electrons. The van der Waals surface area contributed by atoms with E-state index < -0.39 is 11.6 Å². The van der Waals surface area contributed by atoms with Gasteiger partial charge in [0.1, 0.15) is 6.04 Å². The molecule has 5 saturated carbocycles. The molecular formula is C18H25N3O2. The molecule has 0 radical (unpaired) electrons. The summed E-state index contributed by atoms with van der Waals surface area (Å²) in [6, 6.07) is 1.72. The first-order chi connectivity index (χ1) is 10.9. The topological polar surface area (TPSA) is 90.4 Å². The molecule has 8 atom stereocenters. The zero-order valence-electron chi connectivity index (χ0n) is 13.4. The van der Waals surface area contributed by atoms with E-state index in [9.17, 15) is 15.2 Å². The molecule has 5 nitrogen and oxygen atoms in total. The Morgan fingerprint density at radius 1 is 1.22 bits per heavy atom. The van der Waals surface area contributed by atoms with Crippen LogP contribution in [-0.2, 0) is 4.79 Å². The van der Waals surface area contributed by atoms with Crippen molar-refractivity contribution in [2.75, 3.05) is 0 Å². The van der Waals surface area contributed by atoms with Crippen molar-refractivity contribution in [3.63, 3.8) is 0 Å². The molecule has 0 aromatic rings. The second-order valence-electron chi connectivity index (χ2n) is 9.21. The number of likely N-dealkylation sites (tertiary alicyclic amines) is 1. The lowest BCUT2D eigenvalue weighted by atomic mass is 9.46. The van der Waals surface area contributed by atoms with Gasteiger partial charge in [0, 0.05) is 6.04 Å². The third-order valence-corrected chi connectivity index (χ3v) is 7.51. The van der Waals surface area contributed by atoms with Gasteiger partial charge in [-0.3, -0.25) is 4.79 Å². The van der Waals surface area contributed by atoms with Crippen LogP contribution in [0.15, 0.2) is 0 Å². The average molecular weight is 315 g/mol. The highest BCUT2D eigenvalue weighted by molar-refractivity contribution is 5.84. The number of carbonyl (C=O) groups is 1. The van der Waals surface area contributed by atoms with Crippen molar-refractivity contribution in [3.05, 3.63) is 0 Å². The maximum absolute atomic E-state index is 13.1. The average Bonchev–Trinajstić information content (AvgIpc) is 3.14. The lowest BCUT2D eigenvalue weighted by molar-refractivity contribution is -0.177. The minimum Gasteiger partial charge on any atom is -0.390 e. The molecule has 0 aromatic heterocycles. The summed E-state index contributed by atoms with van der Waals surface area (Å²) in [5.74, 6) is 1.56. The van der Waals surface area contributed by atoms with Gasteiger partial charge in [0.05, 0.1) is 17.7 Å². The van der Waals surface area contributed by atoms with Crippen LogP contribution in [0.1, 0.15) is 51.4 Å². The number of nitriles is 1. The van der Waals surface area contributed by atoms with Gasteiger partial charge in [0.15, 0.2) is 0 Å². The van der Waals surface area contributed by atoms with Crippen molar-refractivity contribution in [2.45, 2.75) is 75.1 Å². The Hall–Kier alpha value is -1.12. The highest BCUT2D eigenvalue weighted by Gasteiger charge is 2.62. The Bertz CT molecular complexity index is 598. The van der Waals surface area contributed by atoms with E-state index in [1.54, 1.807) is 4.90 Å². The second kappa shape index (κ2) is 4.29. The first kappa shape index (κ1) is 14.2. The number of rotatable bonds is 2. The van der Waals surface area contributed by atoms with Gasteiger partial charge in [-0.25, -0.2) is 0 Å². The van der Waals surface area contributed by atoms with E-state index in [0.717, 1.165) is 38.5 Å². The molecule has 3 N–H and O–H groups in total. The number of nitrogens with two attached hydrogens (primary N) is 1. The smallest absolute Gasteiger partial charge is 0.241 e. The van der Waals surface area contributed by atoms with Gasteiger partial charge in [0.25, 0.3) is 0 Å². The molecule has 5 unspecified atom stereocenters. The highest BCUT2D eigenvalue weighted by atomic mass is 16.3. The second-order valence-corrected chi connectivity index (χ2v) is 9.21. The maximum atomic E-state index is 13.1. The molecule has 4 bridgehead atoms. The molecule has 6 rings (SSSR count). The van der Waals surface area contributed by atoms with Gasteiger partial charge in [-0.2, -0.15) is 5.26 Å². The molecule has 1 amide bonds. The Morgan fingerprint density at radius 2 is 1.91 bits per heavy atom. The highest BCUT2D eigenvalue weighted by Crippen LogP contribution is 2.63. The van der Waals surface area contributed by atoms with Gasteiger partial charge >= 0.3 is 0 Å². The van der Waals surface area contributed by atoms with Crippen LogP contribution in [-0.4, -0.2) is 39.6 Å². The van der Waals surface area contributed by atoms with Gasteiger partial charge in [0.2, 0.25) is 5.91 Å². The van der Waals surface area contributed by atoms with E-state index in [2.05, 4.69) is 6.07 Å². The van der Waals surface area contributed by atoms with Crippen molar-refractivity contribution >= 4 is 5.91 Å². The summed E-state index contributed by atoms with van der Waals surface area (Å²) in [6.07, 6.45) is 7.48. The Morgan fingerprint density at radius 3 is 2.52 bits per heavy atom. The number of aliphatic hydroxyl groups is 1. The minimum atomic E-state index is -0.594. The molecule has 1 saturated heterocycles. The van der Waals surface area contributed by atoms with Crippen molar-refractivity contribution < 1.29 is 9.90 Å². The molecular weight excluding hydrogens is 290 g/mol. The first-order valence-electron chi connectivity index (χ1n) is 9.13. The SMILES string of the molecule is N#CC1C[C@H]2C[C@H]2N1C(=O)C(N)C12CC3C[C@@H](CC(O)(C3)C1)C2. The summed E-state index contributed by atoms with van der Waals surface area (Å²) in [6.45, 7) is 0. The third kappa shape index (κ3) is 1.88. The zero-order valence-corrected chi connectivity index (χ0v) is 13.4. The van der Waals surface area contributed by atoms with Crippen LogP contribution in [0.5, 0.6) is 0 Å². The quantitative estimate of drug-likeness (QED) is 0.800. The summed E-state index contributed by atoms with van der Waals surface area (Å²) in [7, 11) is 0. The fourth-order valence-electron chi connectivity index (χ4n) is 6.96. The molecule has 0 spiro atoms. The van der Waals surface area contributed by atoms with Crippen molar-refractivity contribution in [1.29, 1.82) is 5.26 Å². The largest absolute Gasteiger partial charge is 0.390 e. The molecule has 5 heteroatoms. The van der Waals surface area contributed by atoms with Crippen LogP contribution < -0.4 is 5.73 Å². The number of fused-ring (bicyclic) bond motifs is 1. The van der Waals surface area contributed by atoms with Crippen LogP contribution in [0.4, 0.5) is 0 Å². The zero-order chi connectivity index (χ0) is 16.0. The van der Waals surface area contributed by atoms with Crippen LogP contribution in [0, 0.1) is 34.5 Å². The first-order valence-corrected chi connectivity index (χ1v) is 9.13. The van der Waals surface area contributed by atoms with Crippen LogP contribution in [0.2, 0.25) is 0 Å². The maximum Gasteiger partial charge on any atom is 0.241 e. The van der Waals surface area contributed by atoms with E-state index in [-0.39, 0.29) is 23.4 Å². The molecule has 1 aliphatic heterocycles. The third-order valence-electron chi connectivity index (χ3n) is 7.51. The molecule has 6 fully saturated rings. The molecule has 23 heavy (non-hydrogen) atoms.